The highest BCUT2D eigenvalue weighted by molar-refractivity contribution is 7.79. The third-order valence-electron chi connectivity index (χ3n) is 5.17. The molecule has 0 aliphatic carbocycles. The van der Waals surface area contributed by atoms with Crippen LogP contribution in [0.5, 0.6) is 0 Å². The van der Waals surface area contributed by atoms with Gasteiger partial charge >= 0.3 is 0 Å². The van der Waals surface area contributed by atoms with Crippen LogP contribution in [0.2, 0.25) is 0 Å². The number of aromatic nitrogens is 2. The third kappa shape index (κ3) is 2.66. The molecule has 3 heteroatoms. The average molecular weight is 366 g/mol. The number of pyridine rings is 2. The summed E-state index contributed by atoms with van der Waals surface area (Å²) in [6, 6.07) is 23.4. The molecular formula is C24H18N2S. The van der Waals surface area contributed by atoms with Crippen LogP contribution in [-0.4, -0.2) is 9.97 Å². The van der Waals surface area contributed by atoms with Crippen LogP contribution in [0.3, 0.4) is 0 Å². The fourth-order valence-electron chi connectivity index (χ4n) is 3.73. The van der Waals surface area contributed by atoms with Crippen LogP contribution in [0.4, 0.5) is 0 Å². The maximum atomic E-state index is 5.10. The van der Waals surface area contributed by atoms with Crippen molar-refractivity contribution in [2.75, 3.05) is 0 Å². The van der Waals surface area contributed by atoms with E-state index in [9.17, 15) is 0 Å². The first kappa shape index (κ1) is 16.3. The van der Waals surface area contributed by atoms with Crippen molar-refractivity contribution >= 4 is 45.2 Å². The Morgan fingerprint density at radius 1 is 0.815 bits per heavy atom. The van der Waals surface area contributed by atoms with Gasteiger partial charge in [0.2, 0.25) is 0 Å². The summed E-state index contributed by atoms with van der Waals surface area (Å²) in [5.74, 6) is 0.721. The van der Waals surface area contributed by atoms with Crippen LogP contribution < -0.4 is 0 Å². The van der Waals surface area contributed by atoms with E-state index < -0.39 is 0 Å². The Labute approximate surface area is 163 Å². The molecule has 0 N–H and O–H groups in total. The summed E-state index contributed by atoms with van der Waals surface area (Å²) in [6.07, 6.45) is 1.85. The van der Waals surface area contributed by atoms with Gasteiger partial charge in [-0.15, -0.1) is 0 Å². The summed E-state index contributed by atoms with van der Waals surface area (Å²) in [5.41, 5.74) is 6.58. The second-order valence-electron chi connectivity index (χ2n) is 6.88. The molecule has 5 rings (SSSR count). The quantitative estimate of drug-likeness (QED) is 0.291. The number of hydrogen-bond acceptors (Lipinski definition) is 3. The number of fused-ring (bicyclic) bond motifs is 5. The van der Waals surface area contributed by atoms with Gasteiger partial charge in [-0.2, -0.15) is 12.6 Å². The number of aryl methyl sites for hydroxylation is 1. The van der Waals surface area contributed by atoms with Crippen molar-refractivity contribution in [2.45, 2.75) is 12.7 Å². The van der Waals surface area contributed by atoms with Crippen LogP contribution in [0.25, 0.3) is 43.8 Å². The first-order chi connectivity index (χ1) is 13.2. The molecule has 2 aromatic heterocycles. The summed E-state index contributed by atoms with van der Waals surface area (Å²) >= 11 is 4.42. The second kappa shape index (κ2) is 6.36. The average Bonchev–Trinajstić information content (AvgIpc) is 2.73. The highest BCUT2D eigenvalue weighted by Gasteiger charge is 2.10. The van der Waals surface area contributed by atoms with Crippen molar-refractivity contribution in [3.05, 3.63) is 84.1 Å². The van der Waals surface area contributed by atoms with Gasteiger partial charge in [-0.1, -0.05) is 48.5 Å². The largest absolute Gasteiger partial charge is 0.256 e. The minimum Gasteiger partial charge on any atom is -0.256 e. The molecule has 0 saturated carbocycles. The Bertz CT molecular complexity index is 1320. The van der Waals surface area contributed by atoms with Crippen molar-refractivity contribution in [3.8, 4) is 11.3 Å². The fourth-order valence-corrected chi connectivity index (χ4v) is 3.92. The molecule has 130 valence electrons. The Hall–Kier alpha value is -2.91. The molecule has 0 radical (unpaired) electrons. The predicted molar refractivity (Wildman–Crippen MR) is 117 cm³/mol. The van der Waals surface area contributed by atoms with Crippen molar-refractivity contribution in [2.24, 2.45) is 0 Å². The minimum absolute atomic E-state index is 0.721. The van der Waals surface area contributed by atoms with Gasteiger partial charge < -0.3 is 0 Å². The van der Waals surface area contributed by atoms with Crippen molar-refractivity contribution in [1.29, 1.82) is 0 Å². The zero-order chi connectivity index (χ0) is 18.4. The fraction of sp³-hybridized carbons (Fsp3) is 0.0833. The van der Waals surface area contributed by atoms with Gasteiger partial charge in [-0.05, 0) is 41.6 Å². The van der Waals surface area contributed by atoms with Gasteiger partial charge in [0.1, 0.15) is 0 Å². The van der Waals surface area contributed by atoms with Crippen LogP contribution in [0, 0.1) is 6.92 Å². The normalized spacial score (nSPS) is 11.5. The highest BCUT2D eigenvalue weighted by atomic mass is 32.1. The molecule has 0 spiro atoms. The smallest absolute Gasteiger partial charge is 0.0809 e. The molecule has 5 aromatic rings. The van der Waals surface area contributed by atoms with Crippen molar-refractivity contribution < 1.29 is 0 Å². The lowest BCUT2D eigenvalue weighted by Gasteiger charge is -2.11. The topological polar surface area (TPSA) is 25.8 Å². The second-order valence-corrected chi connectivity index (χ2v) is 7.20. The minimum atomic E-state index is 0.721. The van der Waals surface area contributed by atoms with Gasteiger partial charge in [0.05, 0.1) is 16.7 Å². The molecule has 3 aromatic carbocycles. The molecule has 0 aliphatic rings. The predicted octanol–water partition coefficient (Wildman–Crippen LogP) is 6.34. The van der Waals surface area contributed by atoms with Crippen LogP contribution in [-0.2, 0) is 5.75 Å². The molecular weight excluding hydrogens is 348 g/mol. The first-order valence-electron chi connectivity index (χ1n) is 9.02. The molecule has 0 amide bonds. The van der Waals surface area contributed by atoms with E-state index in [1.54, 1.807) is 0 Å². The van der Waals surface area contributed by atoms with E-state index in [1.165, 1.54) is 16.5 Å². The van der Waals surface area contributed by atoms with Crippen molar-refractivity contribution in [1.82, 2.24) is 9.97 Å². The Kier molecular flexibility index (Phi) is 3.83. The lowest BCUT2D eigenvalue weighted by molar-refractivity contribution is 1.33. The number of nitrogens with zero attached hydrogens (tertiary/aromatic N) is 2. The lowest BCUT2D eigenvalue weighted by atomic mass is 9.99. The summed E-state index contributed by atoms with van der Waals surface area (Å²) in [6.45, 7) is 2.13. The number of rotatable bonds is 2. The van der Waals surface area contributed by atoms with Crippen molar-refractivity contribution in [3.63, 3.8) is 0 Å². The Morgan fingerprint density at radius 2 is 1.56 bits per heavy atom. The maximum absolute atomic E-state index is 5.10. The number of thiol groups is 1. The third-order valence-corrected chi connectivity index (χ3v) is 5.54. The van der Waals surface area contributed by atoms with Crippen LogP contribution in [0.15, 0.2) is 72.9 Å². The molecule has 0 saturated heterocycles. The molecule has 0 atom stereocenters. The maximum Gasteiger partial charge on any atom is 0.0809 e. The van der Waals surface area contributed by atoms with E-state index in [1.807, 2.05) is 12.3 Å². The molecule has 2 nitrogen and oxygen atoms in total. The Morgan fingerprint density at radius 3 is 2.37 bits per heavy atom. The van der Waals surface area contributed by atoms with E-state index >= 15 is 0 Å². The summed E-state index contributed by atoms with van der Waals surface area (Å²) in [5, 5.41) is 4.56. The molecule has 27 heavy (non-hydrogen) atoms. The van der Waals surface area contributed by atoms with Gasteiger partial charge in [0, 0.05) is 33.7 Å². The SMILES string of the molecule is Cc1ccc(CS)cc1-c1ccc2ccc3ccc4cccnc4c3c2n1. The summed E-state index contributed by atoms with van der Waals surface area (Å²) < 4.78 is 0. The van der Waals surface area contributed by atoms with E-state index in [4.69, 9.17) is 4.98 Å². The molecule has 0 aliphatic heterocycles. The molecule has 2 heterocycles. The molecule has 0 fully saturated rings. The standard InChI is InChI=1S/C24H18N2S/c1-15-4-5-16(14-27)13-20(15)21-11-10-19-9-7-17-6-8-18-3-2-12-25-23(18)22(17)24(19)26-21/h2-13,27H,14H2,1H3. The number of benzene rings is 3. The van der Waals surface area contributed by atoms with E-state index in [-0.39, 0.29) is 0 Å². The van der Waals surface area contributed by atoms with Gasteiger partial charge in [-0.25, -0.2) is 4.98 Å². The van der Waals surface area contributed by atoms with Gasteiger partial charge in [0.25, 0.3) is 0 Å². The zero-order valence-electron chi connectivity index (χ0n) is 15.0. The monoisotopic (exact) mass is 366 g/mol. The molecule has 0 unspecified atom stereocenters. The number of hydrogen-bond donors (Lipinski definition) is 1. The van der Waals surface area contributed by atoms with E-state index in [2.05, 4.69) is 85.2 Å². The lowest BCUT2D eigenvalue weighted by Crippen LogP contribution is -1.92. The Balaban J connectivity index is 1.87. The first-order valence-corrected chi connectivity index (χ1v) is 9.66. The van der Waals surface area contributed by atoms with Crippen LogP contribution >= 0.6 is 12.6 Å². The van der Waals surface area contributed by atoms with Gasteiger partial charge in [-0.3, -0.25) is 4.98 Å². The van der Waals surface area contributed by atoms with E-state index in [0.717, 1.165) is 44.2 Å². The van der Waals surface area contributed by atoms with E-state index in [0.29, 0.717) is 0 Å². The molecule has 0 bridgehead atoms. The zero-order valence-corrected chi connectivity index (χ0v) is 15.9. The highest BCUT2D eigenvalue weighted by Crippen LogP contribution is 2.32. The summed E-state index contributed by atoms with van der Waals surface area (Å²) in [4.78, 5) is 9.75. The summed E-state index contributed by atoms with van der Waals surface area (Å²) in [7, 11) is 0. The van der Waals surface area contributed by atoms with Crippen LogP contribution in [0.1, 0.15) is 11.1 Å². The van der Waals surface area contributed by atoms with Gasteiger partial charge in [0.15, 0.2) is 0 Å².